The predicted octanol–water partition coefficient (Wildman–Crippen LogP) is 2.01. The molecule has 1 N–H and O–H groups in total. The molecule has 0 radical (unpaired) electrons. The molecule has 1 aromatic rings. The van der Waals surface area contributed by atoms with Crippen LogP contribution in [0.3, 0.4) is 0 Å². The van der Waals surface area contributed by atoms with Crippen LogP contribution in [0.5, 0.6) is 0 Å². The maximum absolute atomic E-state index is 12.8. The summed E-state index contributed by atoms with van der Waals surface area (Å²) in [4.78, 5) is 11.8. The molecule has 0 spiro atoms. The van der Waals surface area contributed by atoms with Gasteiger partial charge in [0, 0.05) is 19.4 Å². The zero-order valence-electron chi connectivity index (χ0n) is 10.9. The zero-order chi connectivity index (χ0) is 13.7. The van der Waals surface area contributed by atoms with Crippen molar-refractivity contribution in [3.63, 3.8) is 0 Å². The van der Waals surface area contributed by atoms with Gasteiger partial charge in [-0.15, -0.1) is 0 Å². The minimum atomic E-state index is -0.287. The Morgan fingerprint density at radius 1 is 1.47 bits per heavy atom. The molecule has 5 heteroatoms. The van der Waals surface area contributed by atoms with E-state index in [0.717, 1.165) is 23.5 Å². The van der Waals surface area contributed by atoms with Gasteiger partial charge in [-0.2, -0.15) is 11.8 Å². The first-order chi connectivity index (χ1) is 9.13. The molecular formula is C14H18FNO2S. The van der Waals surface area contributed by atoms with Crippen molar-refractivity contribution < 1.29 is 13.9 Å². The Balaban J connectivity index is 1.82. The number of carbonyl (C=O) groups excluding carboxylic acids is 1. The van der Waals surface area contributed by atoms with Gasteiger partial charge in [-0.25, -0.2) is 4.39 Å². The smallest absolute Gasteiger partial charge is 0.224 e. The SMILES string of the molecule is CO[C@@]1(CNC(=O)Cc2ccc(F)cc2)CCSC1. The van der Waals surface area contributed by atoms with Gasteiger partial charge in [0.1, 0.15) is 5.82 Å². The molecule has 104 valence electrons. The number of hydrogen-bond acceptors (Lipinski definition) is 3. The first-order valence-corrected chi connectivity index (χ1v) is 7.43. The quantitative estimate of drug-likeness (QED) is 0.898. The number of carbonyl (C=O) groups is 1. The van der Waals surface area contributed by atoms with E-state index in [1.54, 1.807) is 19.2 Å². The van der Waals surface area contributed by atoms with E-state index in [0.29, 0.717) is 6.54 Å². The standard InChI is InChI=1S/C14H18FNO2S/c1-18-14(6-7-19-10-14)9-16-13(17)8-11-2-4-12(15)5-3-11/h2-5H,6-10H2,1H3,(H,16,17)/t14-/m1/s1. The Labute approximate surface area is 116 Å². The first-order valence-electron chi connectivity index (χ1n) is 6.28. The largest absolute Gasteiger partial charge is 0.376 e. The average Bonchev–Trinajstić information content (AvgIpc) is 2.89. The number of methoxy groups -OCH3 is 1. The van der Waals surface area contributed by atoms with Gasteiger partial charge in [-0.05, 0) is 29.9 Å². The van der Waals surface area contributed by atoms with Gasteiger partial charge in [0.05, 0.1) is 12.0 Å². The van der Waals surface area contributed by atoms with E-state index in [9.17, 15) is 9.18 Å². The third-order valence-corrected chi connectivity index (χ3v) is 4.61. The summed E-state index contributed by atoms with van der Waals surface area (Å²) in [6.07, 6.45) is 1.23. The van der Waals surface area contributed by atoms with Crippen LogP contribution in [-0.4, -0.2) is 36.7 Å². The summed E-state index contributed by atoms with van der Waals surface area (Å²) >= 11 is 1.84. The number of thioether (sulfide) groups is 1. The van der Waals surface area contributed by atoms with Crippen LogP contribution < -0.4 is 5.32 Å². The number of nitrogens with one attached hydrogen (secondary N) is 1. The van der Waals surface area contributed by atoms with E-state index in [1.807, 2.05) is 11.8 Å². The fourth-order valence-corrected chi connectivity index (χ4v) is 3.47. The van der Waals surface area contributed by atoms with E-state index in [2.05, 4.69) is 5.32 Å². The molecular weight excluding hydrogens is 265 g/mol. The lowest BCUT2D eigenvalue weighted by atomic mass is 10.0. The minimum absolute atomic E-state index is 0.0556. The van der Waals surface area contributed by atoms with E-state index in [1.165, 1.54) is 12.1 Å². The molecule has 1 aliphatic heterocycles. The monoisotopic (exact) mass is 283 g/mol. The van der Waals surface area contributed by atoms with Gasteiger partial charge in [-0.3, -0.25) is 4.79 Å². The number of benzene rings is 1. The van der Waals surface area contributed by atoms with Gasteiger partial charge in [0.15, 0.2) is 0 Å². The second kappa shape index (κ2) is 6.39. The fraction of sp³-hybridized carbons (Fsp3) is 0.500. The molecule has 2 rings (SSSR count). The predicted molar refractivity (Wildman–Crippen MR) is 74.8 cm³/mol. The maximum atomic E-state index is 12.8. The number of amides is 1. The van der Waals surface area contributed by atoms with E-state index in [4.69, 9.17) is 4.74 Å². The molecule has 0 bridgehead atoms. The van der Waals surface area contributed by atoms with Crippen molar-refractivity contribution in [2.75, 3.05) is 25.2 Å². The molecule has 0 aromatic heterocycles. The summed E-state index contributed by atoms with van der Waals surface area (Å²) in [5.41, 5.74) is 0.592. The molecule has 1 heterocycles. The molecule has 0 aliphatic carbocycles. The number of halogens is 1. The third-order valence-electron chi connectivity index (χ3n) is 3.39. The Morgan fingerprint density at radius 3 is 2.79 bits per heavy atom. The molecule has 1 aliphatic rings. The molecule has 1 amide bonds. The zero-order valence-corrected chi connectivity index (χ0v) is 11.8. The van der Waals surface area contributed by atoms with Crippen LogP contribution in [0.1, 0.15) is 12.0 Å². The average molecular weight is 283 g/mol. The number of ether oxygens (including phenoxy) is 1. The summed E-state index contributed by atoms with van der Waals surface area (Å²) in [6.45, 7) is 0.538. The highest BCUT2D eigenvalue weighted by atomic mass is 32.2. The number of hydrogen-bond donors (Lipinski definition) is 1. The Hall–Kier alpha value is -1.07. The summed E-state index contributed by atoms with van der Waals surface area (Å²) in [7, 11) is 1.69. The molecule has 19 heavy (non-hydrogen) atoms. The molecule has 0 unspecified atom stereocenters. The van der Waals surface area contributed by atoms with Crippen molar-refractivity contribution in [1.82, 2.24) is 5.32 Å². The summed E-state index contributed by atoms with van der Waals surface area (Å²) in [6, 6.07) is 6.00. The van der Waals surface area contributed by atoms with E-state index < -0.39 is 0 Å². The molecule has 1 atom stereocenters. The highest BCUT2D eigenvalue weighted by Crippen LogP contribution is 2.30. The molecule has 1 fully saturated rings. The fourth-order valence-electron chi connectivity index (χ4n) is 2.07. The van der Waals surface area contributed by atoms with Crippen molar-refractivity contribution in [3.05, 3.63) is 35.6 Å². The van der Waals surface area contributed by atoms with Gasteiger partial charge in [0.25, 0.3) is 0 Å². The lowest BCUT2D eigenvalue weighted by molar-refractivity contribution is -0.121. The lowest BCUT2D eigenvalue weighted by Crippen LogP contribution is -2.44. The Bertz CT molecular complexity index is 430. The normalized spacial score (nSPS) is 22.4. The van der Waals surface area contributed by atoms with Crippen LogP contribution in [0.15, 0.2) is 24.3 Å². The van der Waals surface area contributed by atoms with Crippen LogP contribution in [0.2, 0.25) is 0 Å². The second-order valence-corrected chi connectivity index (χ2v) is 5.87. The van der Waals surface area contributed by atoms with Crippen molar-refractivity contribution in [2.24, 2.45) is 0 Å². The highest BCUT2D eigenvalue weighted by molar-refractivity contribution is 7.99. The Kier molecular flexibility index (Phi) is 4.82. The van der Waals surface area contributed by atoms with Gasteiger partial charge in [0.2, 0.25) is 5.91 Å². The van der Waals surface area contributed by atoms with Crippen LogP contribution in [0, 0.1) is 5.82 Å². The molecule has 1 saturated heterocycles. The third kappa shape index (κ3) is 3.94. The summed E-state index contributed by atoms with van der Waals surface area (Å²) in [5, 5.41) is 2.91. The summed E-state index contributed by atoms with van der Waals surface area (Å²) in [5.74, 6) is 1.65. The lowest BCUT2D eigenvalue weighted by Gasteiger charge is -2.26. The molecule has 1 aromatic carbocycles. The molecule has 3 nitrogen and oxygen atoms in total. The molecule has 0 saturated carbocycles. The van der Waals surface area contributed by atoms with Crippen LogP contribution in [0.4, 0.5) is 4.39 Å². The highest BCUT2D eigenvalue weighted by Gasteiger charge is 2.34. The van der Waals surface area contributed by atoms with Crippen LogP contribution in [0.25, 0.3) is 0 Å². The first kappa shape index (κ1) is 14.3. The van der Waals surface area contributed by atoms with Crippen LogP contribution in [-0.2, 0) is 16.0 Å². The van der Waals surface area contributed by atoms with Crippen LogP contribution >= 0.6 is 11.8 Å². The van der Waals surface area contributed by atoms with Crippen molar-refractivity contribution >= 4 is 17.7 Å². The van der Waals surface area contributed by atoms with Gasteiger partial charge >= 0.3 is 0 Å². The van der Waals surface area contributed by atoms with Gasteiger partial charge < -0.3 is 10.1 Å². The van der Waals surface area contributed by atoms with Crippen molar-refractivity contribution in [2.45, 2.75) is 18.4 Å². The maximum Gasteiger partial charge on any atom is 0.224 e. The van der Waals surface area contributed by atoms with E-state index in [-0.39, 0.29) is 23.7 Å². The summed E-state index contributed by atoms with van der Waals surface area (Å²) < 4.78 is 18.3. The number of rotatable bonds is 5. The van der Waals surface area contributed by atoms with Crippen molar-refractivity contribution in [1.29, 1.82) is 0 Å². The topological polar surface area (TPSA) is 38.3 Å². The second-order valence-electron chi connectivity index (χ2n) is 4.77. The Morgan fingerprint density at radius 2 is 2.21 bits per heavy atom. The van der Waals surface area contributed by atoms with Crippen molar-refractivity contribution in [3.8, 4) is 0 Å². The van der Waals surface area contributed by atoms with Gasteiger partial charge in [-0.1, -0.05) is 12.1 Å². The van der Waals surface area contributed by atoms with E-state index >= 15 is 0 Å². The minimum Gasteiger partial charge on any atom is -0.376 e.